The quantitative estimate of drug-likeness (QED) is 0.908. The molecule has 0 radical (unpaired) electrons. The molecule has 4 unspecified atom stereocenters. The van der Waals surface area contributed by atoms with Gasteiger partial charge in [0.25, 0.3) is 0 Å². The summed E-state index contributed by atoms with van der Waals surface area (Å²) in [5.41, 5.74) is 0. The number of carbonyl (C=O) groups excluding carboxylic acids is 1. The number of halogens is 1. The molecule has 1 aromatic heterocycles. The molecule has 1 N–H and O–H groups in total. The van der Waals surface area contributed by atoms with Gasteiger partial charge in [0.15, 0.2) is 0 Å². The molecule has 2 aliphatic carbocycles. The number of aryl methyl sites for hydroxylation is 1. The zero-order chi connectivity index (χ0) is 14.1. The molecule has 0 saturated heterocycles. The van der Waals surface area contributed by atoms with Gasteiger partial charge in [-0.3, -0.25) is 9.48 Å². The third-order valence-corrected chi connectivity index (χ3v) is 5.19. The summed E-state index contributed by atoms with van der Waals surface area (Å²) in [5.74, 6) is 2.58. The Bertz CT molecular complexity index is 487. The Kier molecular flexibility index (Phi) is 4.01. The molecule has 2 bridgehead atoms. The molecule has 110 valence electrons. The molecule has 2 fully saturated rings. The second kappa shape index (κ2) is 5.76. The molecular weight excluding hydrogens is 274 g/mol. The van der Waals surface area contributed by atoms with Crippen molar-refractivity contribution >= 4 is 17.5 Å². The van der Waals surface area contributed by atoms with E-state index >= 15 is 0 Å². The first-order valence-corrected chi connectivity index (χ1v) is 7.97. The minimum atomic E-state index is 0.117. The number of carbonyl (C=O) groups is 1. The van der Waals surface area contributed by atoms with Gasteiger partial charge in [0.05, 0.1) is 11.2 Å². The second-order valence-corrected chi connectivity index (χ2v) is 6.80. The smallest absolute Gasteiger partial charge is 0.222 e. The number of aromatic nitrogens is 2. The van der Waals surface area contributed by atoms with Crippen LogP contribution in [-0.2, 0) is 11.3 Å². The first-order valence-electron chi connectivity index (χ1n) is 7.59. The van der Waals surface area contributed by atoms with E-state index in [4.69, 9.17) is 11.6 Å². The van der Waals surface area contributed by atoms with Crippen LogP contribution < -0.4 is 5.32 Å². The van der Waals surface area contributed by atoms with Gasteiger partial charge in [0, 0.05) is 25.2 Å². The van der Waals surface area contributed by atoms with E-state index in [1.54, 1.807) is 17.1 Å². The van der Waals surface area contributed by atoms with Crippen molar-refractivity contribution in [2.45, 2.75) is 51.6 Å². The highest BCUT2D eigenvalue weighted by Gasteiger charge is 2.41. The van der Waals surface area contributed by atoms with Crippen LogP contribution >= 0.6 is 11.6 Å². The fraction of sp³-hybridized carbons (Fsp3) is 0.733. The van der Waals surface area contributed by atoms with Crippen molar-refractivity contribution in [3.05, 3.63) is 17.4 Å². The summed E-state index contributed by atoms with van der Waals surface area (Å²) >= 11 is 5.80. The summed E-state index contributed by atoms with van der Waals surface area (Å²) in [6, 6.07) is 0.305. The van der Waals surface area contributed by atoms with Gasteiger partial charge in [-0.1, -0.05) is 18.0 Å². The maximum atomic E-state index is 12.0. The maximum absolute atomic E-state index is 12.0. The predicted octanol–water partition coefficient (Wildman–Crippen LogP) is 2.87. The third kappa shape index (κ3) is 3.00. The normalized spacial score (nSPS) is 29.6. The molecular formula is C15H22ClN3O. The zero-order valence-corrected chi connectivity index (χ0v) is 12.6. The van der Waals surface area contributed by atoms with E-state index in [2.05, 4.69) is 17.3 Å². The zero-order valence-electron chi connectivity index (χ0n) is 11.9. The summed E-state index contributed by atoms with van der Waals surface area (Å²) in [5, 5.41) is 7.86. The lowest BCUT2D eigenvalue weighted by Gasteiger charge is -2.28. The lowest BCUT2D eigenvalue weighted by atomic mass is 9.84. The maximum Gasteiger partial charge on any atom is 0.222 e. The van der Waals surface area contributed by atoms with Gasteiger partial charge in [0.2, 0.25) is 5.91 Å². The van der Waals surface area contributed by atoms with Crippen LogP contribution in [0.25, 0.3) is 0 Å². The van der Waals surface area contributed by atoms with E-state index in [-0.39, 0.29) is 5.91 Å². The van der Waals surface area contributed by atoms with Crippen molar-refractivity contribution in [3.63, 3.8) is 0 Å². The average molecular weight is 296 g/mol. The standard InChI is InChI=1S/C15H22ClN3O/c1-10(14-7-11-2-3-12(14)6-11)18-15(20)4-5-19-9-13(16)8-17-19/h8-12,14H,2-7H2,1H3,(H,18,20). The number of fused-ring (bicyclic) bond motifs is 2. The van der Waals surface area contributed by atoms with Gasteiger partial charge in [-0.05, 0) is 43.9 Å². The molecule has 20 heavy (non-hydrogen) atoms. The molecule has 1 heterocycles. The third-order valence-electron chi connectivity index (χ3n) is 4.99. The first-order chi connectivity index (χ1) is 9.61. The molecule has 1 aromatic rings. The molecule has 2 aliphatic rings. The van der Waals surface area contributed by atoms with Crippen LogP contribution in [-0.4, -0.2) is 21.7 Å². The minimum Gasteiger partial charge on any atom is -0.353 e. The summed E-state index contributed by atoms with van der Waals surface area (Å²) in [6.45, 7) is 2.75. The van der Waals surface area contributed by atoms with E-state index < -0.39 is 0 Å². The highest BCUT2D eigenvalue weighted by molar-refractivity contribution is 6.30. The number of nitrogens with one attached hydrogen (secondary N) is 1. The van der Waals surface area contributed by atoms with E-state index in [1.165, 1.54) is 25.7 Å². The predicted molar refractivity (Wildman–Crippen MR) is 78.4 cm³/mol. The van der Waals surface area contributed by atoms with Crippen molar-refractivity contribution in [2.75, 3.05) is 0 Å². The minimum absolute atomic E-state index is 0.117. The summed E-state index contributed by atoms with van der Waals surface area (Å²) < 4.78 is 1.71. The Labute approximate surface area is 124 Å². The first kappa shape index (κ1) is 13.9. The van der Waals surface area contributed by atoms with Crippen LogP contribution in [0, 0.1) is 17.8 Å². The van der Waals surface area contributed by atoms with Gasteiger partial charge < -0.3 is 5.32 Å². The molecule has 0 spiro atoms. The van der Waals surface area contributed by atoms with Gasteiger partial charge in [-0.2, -0.15) is 5.10 Å². The monoisotopic (exact) mass is 295 g/mol. The molecule has 2 saturated carbocycles. The Balaban J connectivity index is 1.44. The highest BCUT2D eigenvalue weighted by atomic mass is 35.5. The highest BCUT2D eigenvalue weighted by Crippen LogP contribution is 2.49. The van der Waals surface area contributed by atoms with Gasteiger partial charge >= 0.3 is 0 Å². The number of nitrogens with zero attached hydrogens (tertiary/aromatic N) is 2. The SMILES string of the molecule is CC(NC(=O)CCn1cc(Cl)cn1)C1CC2CCC1C2. The van der Waals surface area contributed by atoms with E-state index in [0.717, 1.165) is 11.8 Å². The lowest BCUT2D eigenvalue weighted by Crippen LogP contribution is -2.40. The van der Waals surface area contributed by atoms with Crippen LogP contribution in [0.3, 0.4) is 0 Å². The number of amides is 1. The average Bonchev–Trinajstić information content (AvgIpc) is 3.12. The Morgan fingerprint density at radius 3 is 3.00 bits per heavy atom. The van der Waals surface area contributed by atoms with Gasteiger partial charge in [0.1, 0.15) is 0 Å². The molecule has 3 rings (SSSR count). The van der Waals surface area contributed by atoms with E-state index in [9.17, 15) is 4.79 Å². The molecule has 4 nitrogen and oxygen atoms in total. The van der Waals surface area contributed by atoms with Crippen molar-refractivity contribution < 1.29 is 4.79 Å². The molecule has 0 aliphatic heterocycles. The molecule has 5 heteroatoms. The van der Waals surface area contributed by atoms with Crippen LogP contribution in [0.5, 0.6) is 0 Å². The van der Waals surface area contributed by atoms with Crippen molar-refractivity contribution in [3.8, 4) is 0 Å². The largest absolute Gasteiger partial charge is 0.353 e. The van der Waals surface area contributed by atoms with E-state index in [0.29, 0.717) is 29.9 Å². The van der Waals surface area contributed by atoms with Crippen molar-refractivity contribution in [2.24, 2.45) is 17.8 Å². The van der Waals surface area contributed by atoms with Crippen LogP contribution in [0.2, 0.25) is 5.02 Å². The van der Waals surface area contributed by atoms with Crippen LogP contribution in [0.1, 0.15) is 39.0 Å². The fourth-order valence-corrected chi connectivity index (χ4v) is 4.17. The Morgan fingerprint density at radius 1 is 1.55 bits per heavy atom. The Morgan fingerprint density at radius 2 is 2.40 bits per heavy atom. The summed E-state index contributed by atoms with van der Waals surface area (Å²) in [4.78, 5) is 12.0. The molecule has 1 amide bonds. The summed E-state index contributed by atoms with van der Waals surface area (Å²) in [7, 11) is 0. The fourth-order valence-electron chi connectivity index (χ4n) is 4.02. The molecule has 4 atom stereocenters. The second-order valence-electron chi connectivity index (χ2n) is 6.37. The van der Waals surface area contributed by atoms with E-state index in [1.807, 2.05) is 0 Å². The van der Waals surface area contributed by atoms with Crippen molar-refractivity contribution in [1.29, 1.82) is 0 Å². The number of hydrogen-bond acceptors (Lipinski definition) is 2. The lowest BCUT2D eigenvalue weighted by molar-refractivity contribution is -0.122. The van der Waals surface area contributed by atoms with Crippen LogP contribution in [0.4, 0.5) is 0 Å². The number of rotatable bonds is 5. The van der Waals surface area contributed by atoms with Gasteiger partial charge in [-0.25, -0.2) is 0 Å². The topological polar surface area (TPSA) is 46.9 Å². The number of hydrogen-bond donors (Lipinski definition) is 1. The van der Waals surface area contributed by atoms with Crippen molar-refractivity contribution in [1.82, 2.24) is 15.1 Å². The molecule has 0 aromatic carbocycles. The van der Waals surface area contributed by atoms with Gasteiger partial charge in [-0.15, -0.1) is 0 Å². The van der Waals surface area contributed by atoms with Crippen LogP contribution in [0.15, 0.2) is 12.4 Å². The summed E-state index contributed by atoms with van der Waals surface area (Å²) in [6.07, 6.45) is 9.26. The Hall–Kier alpha value is -1.03.